The van der Waals surface area contributed by atoms with E-state index in [1.807, 2.05) is 17.6 Å². The third kappa shape index (κ3) is 3.00. The fourth-order valence-corrected chi connectivity index (χ4v) is 2.14. The van der Waals surface area contributed by atoms with Crippen molar-refractivity contribution in [1.29, 1.82) is 0 Å². The third-order valence-electron chi connectivity index (χ3n) is 2.47. The molecule has 1 unspecified atom stereocenters. The monoisotopic (exact) mass is 248 g/mol. The van der Waals surface area contributed by atoms with E-state index in [0.29, 0.717) is 5.92 Å². The molecule has 0 saturated carbocycles. The van der Waals surface area contributed by atoms with Gasteiger partial charge in [0.25, 0.3) is 0 Å². The maximum absolute atomic E-state index is 4.28. The average molecular weight is 248 g/mol. The van der Waals surface area contributed by atoms with Crippen molar-refractivity contribution in [2.45, 2.75) is 32.7 Å². The van der Waals surface area contributed by atoms with Crippen LogP contribution in [0.5, 0.6) is 0 Å². The van der Waals surface area contributed by atoms with Gasteiger partial charge in [-0.2, -0.15) is 0 Å². The zero-order valence-electron chi connectivity index (χ0n) is 10.2. The molecular weight excluding hydrogens is 232 g/mol. The van der Waals surface area contributed by atoms with Crippen LogP contribution in [0.4, 0.5) is 5.82 Å². The van der Waals surface area contributed by atoms with Crippen LogP contribution in [0, 0.1) is 0 Å². The van der Waals surface area contributed by atoms with E-state index in [2.05, 4.69) is 41.0 Å². The van der Waals surface area contributed by atoms with Crippen LogP contribution in [0.3, 0.4) is 0 Å². The maximum atomic E-state index is 4.28. The van der Waals surface area contributed by atoms with Gasteiger partial charge in [-0.25, -0.2) is 15.0 Å². The van der Waals surface area contributed by atoms with Crippen LogP contribution in [0.15, 0.2) is 24.0 Å². The molecule has 2 heterocycles. The second-order valence-electron chi connectivity index (χ2n) is 4.22. The summed E-state index contributed by atoms with van der Waals surface area (Å²) in [5.41, 5.74) is 1.05. The molecule has 2 aromatic heterocycles. The first kappa shape index (κ1) is 12.0. The smallest absolute Gasteiger partial charge is 0.130 e. The summed E-state index contributed by atoms with van der Waals surface area (Å²) in [6.45, 7) is 6.32. The molecule has 5 heteroatoms. The Hall–Kier alpha value is -1.49. The molecule has 0 spiro atoms. The van der Waals surface area contributed by atoms with Gasteiger partial charge in [-0.3, -0.25) is 0 Å². The quantitative estimate of drug-likeness (QED) is 0.902. The fourth-order valence-electron chi connectivity index (χ4n) is 1.50. The van der Waals surface area contributed by atoms with E-state index >= 15 is 0 Å². The van der Waals surface area contributed by atoms with Gasteiger partial charge in [0.15, 0.2) is 0 Å². The lowest BCUT2D eigenvalue weighted by atomic mass is 10.1. The van der Waals surface area contributed by atoms with E-state index in [1.165, 1.54) is 0 Å². The molecule has 90 valence electrons. The van der Waals surface area contributed by atoms with Crippen LogP contribution in [0.2, 0.25) is 0 Å². The summed E-state index contributed by atoms with van der Waals surface area (Å²) in [4.78, 5) is 12.8. The molecular formula is C12H16N4S. The first-order valence-corrected chi connectivity index (χ1v) is 6.52. The molecule has 0 saturated heterocycles. The van der Waals surface area contributed by atoms with E-state index in [0.717, 1.165) is 16.5 Å². The lowest BCUT2D eigenvalue weighted by Crippen LogP contribution is -2.08. The van der Waals surface area contributed by atoms with E-state index in [1.54, 1.807) is 17.7 Å². The number of anilines is 1. The molecule has 4 nitrogen and oxygen atoms in total. The predicted octanol–water partition coefficient (Wildman–Crippen LogP) is 3.23. The molecule has 0 aliphatic rings. The van der Waals surface area contributed by atoms with Crippen LogP contribution >= 0.6 is 11.3 Å². The molecule has 2 aromatic rings. The summed E-state index contributed by atoms with van der Waals surface area (Å²) in [5.74, 6) is 1.26. The van der Waals surface area contributed by atoms with Crippen LogP contribution in [-0.2, 0) is 0 Å². The second kappa shape index (κ2) is 5.23. The molecule has 0 fully saturated rings. The highest BCUT2D eigenvalue weighted by Gasteiger charge is 2.09. The van der Waals surface area contributed by atoms with Gasteiger partial charge in [-0.05, 0) is 12.8 Å². The molecule has 0 aliphatic heterocycles. The number of rotatable bonds is 4. The van der Waals surface area contributed by atoms with Gasteiger partial charge in [-0.15, -0.1) is 11.3 Å². The van der Waals surface area contributed by atoms with E-state index in [4.69, 9.17) is 0 Å². The van der Waals surface area contributed by atoms with Gasteiger partial charge in [0, 0.05) is 23.3 Å². The van der Waals surface area contributed by atoms with E-state index in [9.17, 15) is 0 Å². The lowest BCUT2D eigenvalue weighted by Gasteiger charge is -2.13. The van der Waals surface area contributed by atoms with Gasteiger partial charge >= 0.3 is 0 Å². The van der Waals surface area contributed by atoms with Crippen LogP contribution in [0.25, 0.3) is 0 Å². The highest BCUT2D eigenvalue weighted by Crippen LogP contribution is 2.21. The average Bonchev–Trinajstić information content (AvgIpc) is 2.82. The molecule has 17 heavy (non-hydrogen) atoms. The standard InChI is InChI=1S/C12H16N4S/c1-8(2)10-6-11(15-7-14-10)16-9(3)12-13-4-5-17-12/h4-9H,1-3H3,(H,14,15,16). The first-order valence-electron chi connectivity index (χ1n) is 5.64. The summed E-state index contributed by atoms with van der Waals surface area (Å²) in [5, 5.41) is 6.38. The predicted molar refractivity (Wildman–Crippen MR) is 70.3 cm³/mol. The molecule has 0 amide bonds. The third-order valence-corrected chi connectivity index (χ3v) is 3.42. The van der Waals surface area contributed by atoms with Gasteiger partial charge in [-0.1, -0.05) is 13.8 Å². The topological polar surface area (TPSA) is 50.7 Å². The minimum atomic E-state index is 0.171. The Labute approximate surface area is 105 Å². The van der Waals surface area contributed by atoms with Gasteiger partial charge in [0.1, 0.15) is 17.2 Å². The Kier molecular flexibility index (Phi) is 3.68. The summed E-state index contributed by atoms with van der Waals surface area (Å²) in [6.07, 6.45) is 3.42. The van der Waals surface area contributed by atoms with Crippen molar-refractivity contribution in [3.05, 3.63) is 34.7 Å². The summed E-state index contributed by atoms with van der Waals surface area (Å²) < 4.78 is 0. The van der Waals surface area contributed by atoms with E-state index in [-0.39, 0.29) is 6.04 Å². The van der Waals surface area contributed by atoms with Crippen molar-refractivity contribution >= 4 is 17.2 Å². The minimum absolute atomic E-state index is 0.171. The summed E-state index contributed by atoms with van der Waals surface area (Å²) in [7, 11) is 0. The zero-order valence-corrected chi connectivity index (χ0v) is 11.0. The highest BCUT2D eigenvalue weighted by molar-refractivity contribution is 7.09. The Morgan fingerprint density at radius 1 is 1.18 bits per heavy atom. The Bertz CT molecular complexity index is 467. The number of hydrogen-bond acceptors (Lipinski definition) is 5. The summed E-state index contributed by atoms with van der Waals surface area (Å²) in [6, 6.07) is 2.17. The maximum Gasteiger partial charge on any atom is 0.130 e. The van der Waals surface area contributed by atoms with Crippen molar-refractivity contribution in [2.75, 3.05) is 5.32 Å². The molecule has 1 atom stereocenters. The molecule has 0 aliphatic carbocycles. The normalized spacial score (nSPS) is 12.7. The number of nitrogens with zero attached hydrogens (tertiary/aromatic N) is 3. The summed E-state index contributed by atoms with van der Waals surface area (Å²) >= 11 is 1.64. The molecule has 0 radical (unpaired) electrons. The zero-order chi connectivity index (χ0) is 12.3. The minimum Gasteiger partial charge on any atom is -0.361 e. The van der Waals surface area contributed by atoms with Gasteiger partial charge in [0.2, 0.25) is 0 Å². The van der Waals surface area contributed by atoms with Crippen molar-refractivity contribution in [2.24, 2.45) is 0 Å². The second-order valence-corrected chi connectivity index (χ2v) is 5.15. The van der Waals surface area contributed by atoms with Gasteiger partial charge < -0.3 is 5.32 Å². The van der Waals surface area contributed by atoms with Crippen LogP contribution < -0.4 is 5.32 Å². The molecule has 1 N–H and O–H groups in total. The highest BCUT2D eigenvalue weighted by atomic mass is 32.1. The van der Waals surface area contributed by atoms with Crippen LogP contribution in [-0.4, -0.2) is 15.0 Å². The van der Waals surface area contributed by atoms with Crippen molar-refractivity contribution in [1.82, 2.24) is 15.0 Å². The fraction of sp³-hybridized carbons (Fsp3) is 0.417. The van der Waals surface area contributed by atoms with Crippen molar-refractivity contribution < 1.29 is 0 Å². The molecule has 0 bridgehead atoms. The number of thiazole rings is 1. The number of nitrogens with one attached hydrogen (secondary N) is 1. The molecule has 0 aromatic carbocycles. The van der Waals surface area contributed by atoms with Crippen molar-refractivity contribution in [3.8, 4) is 0 Å². The Balaban J connectivity index is 2.11. The SMILES string of the molecule is CC(C)c1cc(NC(C)c2nccs2)ncn1. The van der Waals surface area contributed by atoms with Gasteiger partial charge in [0.05, 0.1) is 6.04 Å². The molecule has 2 rings (SSSR count). The number of aromatic nitrogens is 3. The lowest BCUT2D eigenvalue weighted by molar-refractivity contribution is 0.805. The van der Waals surface area contributed by atoms with E-state index < -0.39 is 0 Å². The first-order chi connectivity index (χ1) is 8.16. The Morgan fingerprint density at radius 3 is 2.65 bits per heavy atom. The largest absolute Gasteiger partial charge is 0.361 e. The number of hydrogen-bond donors (Lipinski definition) is 1. The van der Waals surface area contributed by atoms with Crippen LogP contribution in [0.1, 0.15) is 43.4 Å². The van der Waals surface area contributed by atoms with Crippen molar-refractivity contribution in [3.63, 3.8) is 0 Å². The Morgan fingerprint density at radius 2 is 2.00 bits per heavy atom.